The number of azo groups is 1. The minimum absolute atomic E-state index is 0. The average molecular weight is 1290 g/mol. The fourth-order valence-corrected chi connectivity index (χ4v) is 11.5. The van der Waals surface area contributed by atoms with E-state index in [0.29, 0.717) is 5.56 Å². The molecule has 0 aliphatic carbocycles. The van der Waals surface area contributed by atoms with Crippen molar-refractivity contribution in [3.8, 4) is 0 Å². The number of aromatic carboxylic acids is 2. The standard InChI is InChI=1S/C53H46N8O19S4.Cu/c1-29-38(22-19-33-7-3-4-8-39(33)51(64)65)49(62)60(58-29)36-20-17-34(44(27-36)81(69,70)71)15-11-31-13-23-42(46(25-31)83(75,76)77)54-53(68)55-43-24-14-32(26-47(43)84(78,79)80)12-16-35-18-21-37(28-45(35)82(72,73)74)61-50(63)48(30(2)59-61)57-56-41-10-6-5-9-40(41)52(66)67;/h3-30,38,48,58-59H,1-2H3,(H,64,65)(H,66,67)(H2,54,55,68)(H,69,70,71)(H,72,73,74)(H,75,76,77)(H,78,79,80);/q;+2/b15-11+,16-12+,22-19+,57-56?;. The maximum Gasteiger partial charge on any atom is 2.00 e. The maximum atomic E-state index is 13.6. The number of rotatable bonds is 18. The van der Waals surface area contributed by atoms with Gasteiger partial charge in [-0.1, -0.05) is 91.1 Å². The van der Waals surface area contributed by atoms with E-state index < -0.39 is 125 Å². The van der Waals surface area contributed by atoms with Crippen LogP contribution in [-0.2, 0) is 67.1 Å². The first kappa shape index (κ1) is 63.9. The summed E-state index contributed by atoms with van der Waals surface area (Å²) in [5, 5.41) is 33.3. The molecule has 8 rings (SSSR count). The van der Waals surface area contributed by atoms with Crippen molar-refractivity contribution in [3.63, 3.8) is 0 Å². The molecular formula is C53H46CuN8O19S4+2. The van der Waals surface area contributed by atoms with Crippen molar-refractivity contribution in [2.75, 3.05) is 20.7 Å². The Kier molecular flexibility index (Phi) is 19.0. The molecule has 4 unspecified atom stereocenters. The van der Waals surface area contributed by atoms with Crippen molar-refractivity contribution in [2.45, 2.75) is 51.6 Å². The molecule has 2 saturated heterocycles. The molecule has 2 fully saturated rings. The summed E-state index contributed by atoms with van der Waals surface area (Å²) >= 11 is 0. The van der Waals surface area contributed by atoms with Gasteiger partial charge in [0.25, 0.3) is 46.4 Å². The topological polar surface area (TPSA) is 423 Å². The van der Waals surface area contributed by atoms with E-state index in [4.69, 9.17) is 0 Å². The van der Waals surface area contributed by atoms with E-state index in [1.807, 2.05) is 0 Å². The van der Waals surface area contributed by atoms with Gasteiger partial charge in [-0.2, -0.15) is 43.9 Å². The molecule has 0 aromatic heterocycles. The monoisotopic (exact) mass is 1290 g/mol. The quantitative estimate of drug-likeness (QED) is 0.0179. The number of benzene rings is 6. The minimum Gasteiger partial charge on any atom is -0.478 e. The van der Waals surface area contributed by atoms with Crippen LogP contribution in [0.15, 0.2) is 157 Å². The number of hydrogen-bond donors (Lipinski definition) is 10. The van der Waals surface area contributed by atoms with E-state index in [-0.39, 0.29) is 67.5 Å². The molecule has 27 nitrogen and oxygen atoms in total. The molecule has 445 valence electrons. The molecular weight excluding hydrogens is 1240 g/mol. The molecule has 4 atom stereocenters. The number of hydrazine groups is 2. The van der Waals surface area contributed by atoms with Gasteiger partial charge in [-0.25, -0.2) is 35.3 Å². The second-order valence-corrected chi connectivity index (χ2v) is 24.1. The number of anilines is 4. The first-order valence-electron chi connectivity index (χ1n) is 24.2. The molecule has 0 spiro atoms. The van der Waals surface area contributed by atoms with Gasteiger partial charge in [0, 0.05) is 6.04 Å². The largest absolute Gasteiger partial charge is 2.00 e. The second-order valence-electron chi connectivity index (χ2n) is 18.5. The molecule has 6 aromatic carbocycles. The Morgan fingerprint density at radius 1 is 0.518 bits per heavy atom. The van der Waals surface area contributed by atoms with Crippen LogP contribution < -0.4 is 31.5 Å². The van der Waals surface area contributed by atoms with Crippen LogP contribution in [0.25, 0.3) is 30.4 Å². The van der Waals surface area contributed by atoms with Crippen molar-refractivity contribution in [1.29, 1.82) is 0 Å². The third-order valence-corrected chi connectivity index (χ3v) is 16.4. The molecule has 0 saturated carbocycles. The molecule has 6 aromatic rings. The Labute approximate surface area is 494 Å². The average Bonchev–Trinajstić information content (AvgIpc) is 3.03. The van der Waals surface area contributed by atoms with Crippen molar-refractivity contribution in [1.82, 2.24) is 10.9 Å². The predicted octanol–water partition coefficient (Wildman–Crippen LogP) is 7.01. The third-order valence-electron chi connectivity index (χ3n) is 12.8. The number of amides is 4. The zero-order valence-corrected chi connectivity index (χ0v) is 47.7. The molecule has 2 heterocycles. The molecule has 32 heteroatoms. The van der Waals surface area contributed by atoms with Gasteiger partial charge in [0.1, 0.15) is 19.6 Å². The summed E-state index contributed by atoms with van der Waals surface area (Å²) in [7, 11) is -20.4. The van der Waals surface area contributed by atoms with Gasteiger partial charge in [-0.05, 0) is 108 Å². The Balaban J connectivity index is 0.0000104. The number of carbonyl (C=O) groups excluding carboxylic acids is 3. The summed E-state index contributed by atoms with van der Waals surface area (Å²) in [5.41, 5.74) is 4.26. The first-order valence-corrected chi connectivity index (χ1v) is 30.0. The molecule has 2 aliphatic heterocycles. The van der Waals surface area contributed by atoms with Crippen LogP contribution in [-0.4, -0.2) is 110 Å². The van der Waals surface area contributed by atoms with Crippen molar-refractivity contribution in [2.24, 2.45) is 16.1 Å². The van der Waals surface area contributed by atoms with Crippen molar-refractivity contribution < 1.29 is 103 Å². The number of urea groups is 1. The summed E-state index contributed by atoms with van der Waals surface area (Å²) in [6.07, 6.45) is 7.61. The van der Waals surface area contributed by atoms with Gasteiger partial charge in [0.15, 0.2) is 6.04 Å². The Bertz CT molecular complexity index is 4060. The molecule has 1 radical (unpaired) electrons. The first-order chi connectivity index (χ1) is 39.4. The number of carboxylic acids is 2. The van der Waals surface area contributed by atoms with Gasteiger partial charge in [0.05, 0.1) is 51.5 Å². The zero-order chi connectivity index (χ0) is 61.2. The zero-order valence-electron chi connectivity index (χ0n) is 43.5. The van der Waals surface area contributed by atoms with Gasteiger partial charge in [-0.3, -0.25) is 27.8 Å². The SMILES string of the molecule is CC1NN(c2ccc(/C=C/c3ccc(NC(=O)Nc4ccc(/C=C/c5ccc(N6NC(C)C(N=Nc7ccccc7C(=O)O)C6=O)cc5S(=O)(=O)O)cc4S(=O)(=O)O)c(S(=O)(=O)O)c3)c(S(=O)(=O)O)c2)C(=O)C1/C=C/c1ccccc1C(=O)O.[Cu+2]. The van der Waals surface area contributed by atoms with E-state index in [2.05, 4.69) is 31.7 Å². The molecule has 2 aliphatic rings. The number of nitrogens with zero attached hydrogens (tertiary/aromatic N) is 4. The van der Waals surface area contributed by atoms with Crippen LogP contribution in [0.2, 0.25) is 0 Å². The number of carbonyl (C=O) groups is 5. The van der Waals surface area contributed by atoms with E-state index >= 15 is 0 Å². The molecule has 4 amide bonds. The van der Waals surface area contributed by atoms with E-state index in [1.54, 1.807) is 32.0 Å². The molecule has 0 bridgehead atoms. The van der Waals surface area contributed by atoms with Gasteiger partial charge in [-0.15, -0.1) is 0 Å². The van der Waals surface area contributed by atoms with Crippen LogP contribution in [0.4, 0.5) is 33.2 Å². The third kappa shape index (κ3) is 14.8. The predicted molar refractivity (Wildman–Crippen MR) is 303 cm³/mol. The Hall–Kier alpha value is -8.63. The van der Waals surface area contributed by atoms with Crippen molar-refractivity contribution >= 4 is 129 Å². The summed E-state index contributed by atoms with van der Waals surface area (Å²) in [4.78, 5) is 60.4. The summed E-state index contributed by atoms with van der Waals surface area (Å²) in [6, 6.07) is 21.2. The summed E-state index contributed by atoms with van der Waals surface area (Å²) < 4.78 is 142. The summed E-state index contributed by atoms with van der Waals surface area (Å²) in [5.74, 6) is -4.56. The van der Waals surface area contributed by atoms with E-state index in [0.717, 1.165) is 58.6 Å². The van der Waals surface area contributed by atoms with Gasteiger partial charge >= 0.3 is 35.0 Å². The van der Waals surface area contributed by atoms with E-state index in [1.165, 1.54) is 91.0 Å². The fourth-order valence-electron chi connectivity index (χ4n) is 8.72. The van der Waals surface area contributed by atoms with Crippen LogP contribution >= 0.6 is 0 Å². The van der Waals surface area contributed by atoms with Gasteiger partial charge in [0.2, 0.25) is 5.91 Å². The van der Waals surface area contributed by atoms with Crippen LogP contribution in [0.3, 0.4) is 0 Å². The van der Waals surface area contributed by atoms with Gasteiger partial charge < -0.3 is 20.8 Å². The minimum atomic E-state index is -5.18. The van der Waals surface area contributed by atoms with Crippen LogP contribution in [0.5, 0.6) is 0 Å². The number of nitrogens with one attached hydrogen (secondary N) is 4. The van der Waals surface area contributed by atoms with Crippen LogP contribution in [0.1, 0.15) is 62.4 Å². The maximum absolute atomic E-state index is 13.6. The molecule has 10 N–H and O–H groups in total. The van der Waals surface area contributed by atoms with Crippen LogP contribution in [0, 0.1) is 5.92 Å². The number of hydrogen-bond acceptors (Lipinski definition) is 17. The Morgan fingerprint density at radius 2 is 0.965 bits per heavy atom. The van der Waals surface area contributed by atoms with Crippen molar-refractivity contribution in [3.05, 3.63) is 166 Å². The summed E-state index contributed by atoms with van der Waals surface area (Å²) in [6.45, 7) is 3.22. The molecule has 85 heavy (non-hydrogen) atoms. The normalized spacial score (nSPS) is 17.8. The fraction of sp³-hybridized carbons (Fsp3) is 0.113. The Morgan fingerprint density at radius 3 is 1.45 bits per heavy atom. The van der Waals surface area contributed by atoms with E-state index in [9.17, 15) is 86.1 Å². The second kappa shape index (κ2) is 25.3. The number of carboxylic acid groups (broad SMARTS) is 2. The smallest absolute Gasteiger partial charge is 0.478 e.